The molecule has 152 valence electrons. The van der Waals surface area contributed by atoms with Gasteiger partial charge in [0.25, 0.3) is 0 Å². The summed E-state index contributed by atoms with van der Waals surface area (Å²) in [6.45, 7) is 2.32. The Morgan fingerprint density at radius 2 is 1.77 bits per heavy atom. The quantitative estimate of drug-likeness (QED) is 0.401. The fourth-order valence-electron chi connectivity index (χ4n) is 3.35. The van der Waals surface area contributed by atoms with Crippen LogP contribution in [0.15, 0.2) is 66.7 Å². The first-order chi connectivity index (χ1) is 14.6. The minimum Gasteiger partial charge on any atom is -0.507 e. The second kappa shape index (κ2) is 8.51. The van der Waals surface area contributed by atoms with Crippen molar-refractivity contribution in [1.82, 2.24) is 10.2 Å². The Balaban J connectivity index is 1.63. The van der Waals surface area contributed by atoms with Crippen LogP contribution >= 0.6 is 11.6 Å². The van der Waals surface area contributed by atoms with Crippen molar-refractivity contribution in [1.29, 1.82) is 0 Å². The van der Waals surface area contributed by atoms with Gasteiger partial charge in [0.15, 0.2) is 0 Å². The number of aromatic amines is 1. The highest BCUT2D eigenvalue weighted by atomic mass is 35.5. The maximum absolute atomic E-state index is 10.7. The zero-order chi connectivity index (χ0) is 21.1. The van der Waals surface area contributed by atoms with E-state index in [1.807, 2.05) is 61.5 Å². The molecule has 0 unspecified atom stereocenters. The first-order valence-electron chi connectivity index (χ1n) is 9.46. The van der Waals surface area contributed by atoms with E-state index in [9.17, 15) is 5.11 Å². The molecule has 0 saturated heterocycles. The number of rotatable bonds is 6. The monoisotopic (exact) mass is 420 g/mol. The molecule has 1 heterocycles. The third kappa shape index (κ3) is 3.98. The van der Waals surface area contributed by atoms with E-state index >= 15 is 0 Å². The van der Waals surface area contributed by atoms with Gasteiger partial charge in [-0.2, -0.15) is 5.10 Å². The number of H-pyrrole nitrogens is 1. The number of aromatic hydroxyl groups is 1. The molecule has 0 aliphatic rings. The van der Waals surface area contributed by atoms with Crippen molar-refractivity contribution in [3.63, 3.8) is 0 Å². The van der Waals surface area contributed by atoms with Crippen molar-refractivity contribution < 1.29 is 14.6 Å². The van der Waals surface area contributed by atoms with Crippen molar-refractivity contribution in [2.75, 3.05) is 7.11 Å². The largest absolute Gasteiger partial charge is 0.507 e. The number of hydrogen-bond donors (Lipinski definition) is 2. The van der Waals surface area contributed by atoms with Gasteiger partial charge in [0.05, 0.1) is 7.11 Å². The molecule has 0 aliphatic heterocycles. The van der Waals surface area contributed by atoms with Crippen molar-refractivity contribution >= 4 is 11.6 Å². The summed E-state index contributed by atoms with van der Waals surface area (Å²) < 4.78 is 11.3. The topological polar surface area (TPSA) is 67.4 Å². The first kappa shape index (κ1) is 19.9. The van der Waals surface area contributed by atoms with Crippen LogP contribution in [0.25, 0.3) is 22.4 Å². The second-order valence-corrected chi connectivity index (χ2v) is 7.30. The minimum atomic E-state index is 0.0891. The zero-order valence-electron chi connectivity index (χ0n) is 16.6. The van der Waals surface area contributed by atoms with Crippen LogP contribution in [0.2, 0.25) is 5.02 Å². The maximum Gasteiger partial charge on any atom is 0.128 e. The second-order valence-electron chi connectivity index (χ2n) is 6.87. The van der Waals surface area contributed by atoms with Crippen molar-refractivity contribution in [2.24, 2.45) is 0 Å². The fraction of sp³-hybridized carbons (Fsp3) is 0.125. The van der Waals surface area contributed by atoms with Gasteiger partial charge in [-0.1, -0.05) is 41.9 Å². The molecule has 0 fully saturated rings. The molecule has 0 aliphatic carbocycles. The Morgan fingerprint density at radius 1 is 1.00 bits per heavy atom. The van der Waals surface area contributed by atoms with Gasteiger partial charge in [0.2, 0.25) is 0 Å². The molecule has 0 atom stereocenters. The zero-order valence-corrected chi connectivity index (χ0v) is 17.4. The molecule has 2 N–H and O–H groups in total. The molecule has 30 heavy (non-hydrogen) atoms. The number of hydrogen-bond acceptors (Lipinski definition) is 4. The van der Waals surface area contributed by atoms with E-state index in [1.165, 1.54) is 0 Å². The van der Waals surface area contributed by atoms with Crippen molar-refractivity contribution in [2.45, 2.75) is 13.5 Å². The van der Waals surface area contributed by atoms with Crippen LogP contribution in [0.4, 0.5) is 0 Å². The molecular formula is C24H21ClN2O3. The molecule has 1 aromatic heterocycles. The summed E-state index contributed by atoms with van der Waals surface area (Å²) in [6.07, 6.45) is 0. The molecule has 0 saturated carbocycles. The fourth-order valence-corrected chi connectivity index (χ4v) is 3.48. The minimum absolute atomic E-state index is 0.0891. The average Bonchev–Trinajstić information content (AvgIpc) is 3.14. The molecule has 4 rings (SSSR count). The lowest BCUT2D eigenvalue weighted by Crippen LogP contribution is -1.95. The van der Waals surface area contributed by atoms with E-state index in [4.69, 9.17) is 21.1 Å². The SMILES string of the molecule is COc1ccccc1-c1c(-c2ccc(OCc3ccc(Cl)cc3)cc2O)n[nH]c1C. The van der Waals surface area contributed by atoms with Gasteiger partial charge in [0, 0.05) is 33.5 Å². The molecule has 5 nitrogen and oxygen atoms in total. The van der Waals surface area contributed by atoms with E-state index < -0.39 is 0 Å². The number of aryl methyl sites for hydroxylation is 1. The summed E-state index contributed by atoms with van der Waals surface area (Å²) in [5.74, 6) is 1.40. The summed E-state index contributed by atoms with van der Waals surface area (Å²) in [4.78, 5) is 0. The summed E-state index contributed by atoms with van der Waals surface area (Å²) >= 11 is 5.91. The number of nitrogens with zero attached hydrogens (tertiary/aromatic N) is 1. The molecule has 4 aromatic rings. The number of halogens is 1. The smallest absolute Gasteiger partial charge is 0.128 e. The van der Waals surface area contributed by atoms with Crippen molar-refractivity contribution in [3.8, 4) is 39.6 Å². The van der Waals surface area contributed by atoms with Crippen LogP contribution < -0.4 is 9.47 Å². The molecule has 3 aromatic carbocycles. The summed E-state index contributed by atoms with van der Waals surface area (Å²) in [7, 11) is 1.64. The number of nitrogens with one attached hydrogen (secondary N) is 1. The highest BCUT2D eigenvalue weighted by Gasteiger charge is 2.20. The number of phenolic OH excluding ortho intramolecular Hbond substituents is 1. The Kier molecular flexibility index (Phi) is 5.63. The Hall–Kier alpha value is -3.44. The van der Waals surface area contributed by atoms with Gasteiger partial charge >= 0.3 is 0 Å². The molecule has 0 radical (unpaired) electrons. The average molecular weight is 421 g/mol. The lowest BCUT2D eigenvalue weighted by Gasteiger charge is -2.12. The lowest BCUT2D eigenvalue weighted by atomic mass is 9.98. The van der Waals surface area contributed by atoms with Gasteiger partial charge in [-0.25, -0.2) is 0 Å². The van der Waals surface area contributed by atoms with Gasteiger partial charge < -0.3 is 14.6 Å². The van der Waals surface area contributed by atoms with Gasteiger partial charge in [-0.05, 0) is 42.8 Å². The highest BCUT2D eigenvalue weighted by molar-refractivity contribution is 6.30. The lowest BCUT2D eigenvalue weighted by molar-refractivity contribution is 0.304. The van der Waals surface area contributed by atoms with Crippen LogP contribution in [0.1, 0.15) is 11.3 Å². The van der Waals surface area contributed by atoms with Crippen LogP contribution in [-0.2, 0) is 6.61 Å². The number of para-hydroxylation sites is 1. The number of aromatic nitrogens is 2. The standard InChI is InChI=1S/C24H21ClN2O3/c1-15-23(20-5-3-4-6-22(20)29-2)24(27-26-15)19-12-11-18(13-21(19)28)30-14-16-7-9-17(25)10-8-16/h3-13,28H,14H2,1-2H3,(H,26,27). The predicted octanol–water partition coefficient (Wildman–Crippen LogP) is 6.00. The number of benzene rings is 3. The Labute approximate surface area is 179 Å². The van der Waals surface area contributed by atoms with E-state index in [0.29, 0.717) is 28.6 Å². The van der Waals surface area contributed by atoms with Crippen molar-refractivity contribution in [3.05, 3.63) is 83.0 Å². The van der Waals surface area contributed by atoms with Crippen LogP contribution in [-0.4, -0.2) is 22.4 Å². The van der Waals surface area contributed by atoms with Crippen LogP contribution in [0.3, 0.4) is 0 Å². The van der Waals surface area contributed by atoms with Gasteiger partial charge in [-0.15, -0.1) is 0 Å². The summed E-state index contributed by atoms with van der Waals surface area (Å²) in [6, 6.07) is 20.4. The molecule has 0 bridgehead atoms. The van der Waals surface area contributed by atoms with E-state index in [0.717, 1.165) is 28.1 Å². The van der Waals surface area contributed by atoms with E-state index in [1.54, 1.807) is 19.2 Å². The predicted molar refractivity (Wildman–Crippen MR) is 118 cm³/mol. The molecular weight excluding hydrogens is 400 g/mol. The summed E-state index contributed by atoms with van der Waals surface area (Å²) in [5.41, 5.74) is 4.93. The van der Waals surface area contributed by atoms with E-state index in [-0.39, 0.29) is 5.75 Å². The Bertz CT molecular complexity index is 1170. The third-order valence-electron chi connectivity index (χ3n) is 4.87. The van der Waals surface area contributed by atoms with Gasteiger partial charge in [0.1, 0.15) is 29.5 Å². The summed E-state index contributed by atoms with van der Waals surface area (Å²) in [5, 5.41) is 18.8. The maximum atomic E-state index is 10.7. The number of methoxy groups -OCH3 is 1. The highest BCUT2D eigenvalue weighted by Crippen LogP contribution is 2.41. The van der Waals surface area contributed by atoms with Crippen LogP contribution in [0, 0.1) is 6.92 Å². The number of phenols is 1. The molecule has 6 heteroatoms. The Morgan fingerprint density at radius 3 is 2.50 bits per heavy atom. The van der Waals surface area contributed by atoms with Gasteiger partial charge in [-0.3, -0.25) is 5.10 Å². The molecule has 0 amide bonds. The number of ether oxygens (including phenoxy) is 2. The molecule has 0 spiro atoms. The third-order valence-corrected chi connectivity index (χ3v) is 5.12. The first-order valence-corrected chi connectivity index (χ1v) is 9.83. The normalized spacial score (nSPS) is 10.8. The van der Waals surface area contributed by atoms with E-state index in [2.05, 4.69) is 10.2 Å². The van der Waals surface area contributed by atoms with Crippen LogP contribution in [0.5, 0.6) is 17.2 Å².